The number of nitrogens with zero attached hydrogens (tertiary/aromatic N) is 1. The Morgan fingerprint density at radius 1 is 1.45 bits per heavy atom. The van der Waals surface area contributed by atoms with E-state index in [2.05, 4.69) is 9.72 Å². The molecule has 0 unspecified atom stereocenters. The average molecular weight is 298 g/mol. The van der Waals surface area contributed by atoms with Crippen LogP contribution in [0.25, 0.3) is 0 Å². The first kappa shape index (κ1) is 16.3. The fraction of sp³-hybridized carbons (Fsp3) is 0.455. The maximum atomic E-state index is 13.0. The molecule has 0 aliphatic rings. The number of halogens is 5. The van der Waals surface area contributed by atoms with Gasteiger partial charge in [0, 0.05) is 12.7 Å². The highest BCUT2D eigenvalue weighted by molar-refractivity contribution is 5.93. The fourth-order valence-electron chi connectivity index (χ4n) is 1.62. The van der Waals surface area contributed by atoms with Gasteiger partial charge in [-0.1, -0.05) is 0 Å². The summed E-state index contributed by atoms with van der Waals surface area (Å²) in [6.07, 6.45) is -7.78. The summed E-state index contributed by atoms with van der Waals surface area (Å²) in [6, 6.07) is 0. The van der Waals surface area contributed by atoms with Gasteiger partial charge in [-0.25, -0.2) is 13.6 Å². The molecule has 0 spiro atoms. The third kappa shape index (κ3) is 3.21. The minimum Gasteiger partial charge on any atom is -0.462 e. The van der Waals surface area contributed by atoms with Crippen molar-refractivity contribution in [2.75, 3.05) is 6.61 Å². The summed E-state index contributed by atoms with van der Waals surface area (Å²) in [5, 5.41) is 0. The van der Waals surface area contributed by atoms with Crippen LogP contribution in [0, 0.1) is 0 Å². The summed E-state index contributed by atoms with van der Waals surface area (Å²) in [5.74, 6) is -1.50. The van der Waals surface area contributed by atoms with E-state index in [1.54, 1.807) is 0 Å². The van der Waals surface area contributed by atoms with Gasteiger partial charge in [0.2, 0.25) is 0 Å². The van der Waals surface area contributed by atoms with Gasteiger partial charge in [0.25, 0.3) is 6.43 Å². The summed E-state index contributed by atoms with van der Waals surface area (Å²) >= 11 is 0. The van der Waals surface area contributed by atoms with E-state index in [4.69, 9.17) is 5.73 Å². The third-order valence-electron chi connectivity index (χ3n) is 2.38. The number of carbonyl (C=O) groups is 1. The molecule has 0 bridgehead atoms. The van der Waals surface area contributed by atoms with Crippen molar-refractivity contribution < 1.29 is 31.5 Å². The van der Waals surface area contributed by atoms with Gasteiger partial charge in [0.1, 0.15) is 5.69 Å². The molecule has 9 heteroatoms. The van der Waals surface area contributed by atoms with Crippen molar-refractivity contribution in [3.63, 3.8) is 0 Å². The molecule has 1 aromatic heterocycles. The maximum absolute atomic E-state index is 13.0. The Labute approximate surface area is 110 Å². The number of carbonyl (C=O) groups excluding carboxylic acids is 1. The number of nitrogens with two attached hydrogens (primary N) is 1. The van der Waals surface area contributed by atoms with Crippen LogP contribution in [0.5, 0.6) is 0 Å². The molecule has 0 saturated heterocycles. The Balaban J connectivity index is 3.65. The number of aromatic nitrogens is 1. The SMILES string of the molecule is CCOC(=O)c1c(C(F)F)ncc(CN)c1C(F)(F)F. The molecule has 0 fully saturated rings. The summed E-state index contributed by atoms with van der Waals surface area (Å²) in [4.78, 5) is 14.8. The first-order valence-electron chi connectivity index (χ1n) is 5.48. The lowest BCUT2D eigenvalue weighted by atomic mass is 10.0. The average Bonchev–Trinajstić information content (AvgIpc) is 2.35. The normalized spacial score (nSPS) is 11.8. The van der Waals surface area contributed by atoms with E-state index in [0.717, 1.165) is 0 Å². The molecule has 20 heavy (non-hydrogen) atoms. The van der Waals surface area contributed by atoms with Crippen LogP contribution in [-0.4, -0.2) is 17.6 Å². The largest absolute Gasteiger partial charge is 0.462 e. The molecule has 1 rings (SSSR count). The molecule has 0 radical (unpaired) electrons. The number of ether oxygens (including phenoxy) is 1. The van der Waals surface area contributed by atoms with Gasteiger partial charge >= 0.3 is 12.1 Å². The number of pyridine rings is 1. The van der Waals surface area contributed by atoms with E-state index < -0.39 is 47.5 Å². The van der Waals surface area contributed by atoms with Crippen LogP contribution in [0.2, 0.25) is 0 Å². The molecule has 0 amide bonds. The topological polar surface area (TPSA) is 65.2 Å². The molecule has 0 aliphatic carbocycles. The quantitative estimate of drug-likeness (QED) is 0.685. The number of hydrogen-bond acceptors (Lipinski definition) is 4. The second-order valence-electron chi connectivity index (χ2n) is 3.64. The zero-order chi connectivity index (χ0) is 15.5. The number of rotatable bonds is 4. The van der Waals surface area contributed by atoms with Crippen molar-refractivity contribution >= 4 is 5.97 Å². The molecule has 1 aromatic rings. The summed E-state index contributed by atoms with van der Waals surface area (Å²) in [6.45, 7) is 0.483. The van der Waals surface area contributed by atoms with E-state index in [1.165, 1.54) is 6.92 Å². The molecule has 112 valence electrons. The first-order chi connectivity index (χ1) is 9.23. The molecule has 4 nitrogen and oxygen atoms in total. The lowest BCUT2D eigenvalue weighted by Crippen LogP contribution is -2.22. The molecule has 2 N–H and O–H groups in total. The highest BCUT2D eigenvalue weighted by Gasteiger charge is 2.41. The van der Waals surface area contributed by atoms with Gasteiger partial charge in [0.15, 0.2) is 0 Å². The zero-order valence-corrected chi connectivity index (χ0v) is 10.3. The van der Waals surface area contributed by atoms with Crippen LogP contribution >= 0.6 is 0 Å². The molecule has 1 heterocycles. The minimum absolute atomic E-state index is 0.258. The van der Waals surface area contributed by atoms with Gasteiger partial charge in [-0.05, 0) is 12.5 Å². The van der Waals surface area contributed by atoms with Gasteiger partial charge in [-0.15, -0.1) is 0 Å². The lowest BCUT2D eigenvalue weighted by molar-refractivity contribution is -0.139. The second kappa shape index (κ2) is 6.12. The standard InChI is InChI=1S/C11H11F5N2O2/c1-2-20-10(19)6-7(11(14,15)16)5(3-17)4-18-8(6)9(12)13/h4,9H,2-3,17H2,1H3. The van der Waals surface area contributed by atoms with Gasteiger partial charge in [-0.3, -0.25) is 4.98 Å². The van der Waals surface area contributed by atoms with Crippen molar-refractivity contribution in [1.82, 2.24) is 4.98 Å². The van der Waals surface area contributed by atoms with Gasteiger partial charge < -0.3 is 10.5 Å². The Kier molecular flexibility index (Phi) is 4.98. The molecule has 0 atom stereocenters. The van der Waals surface area contributed by atoms with Crippen molar-refractivity contribution in [3.8, 4) is 0 Å². The van der Waals surface area contributed by atoms with Crippen molar-refractivity contribution in [3.05, 3.63) is 28.6 Å². The highest BCUT2D eigenvalue weighted by atomic mass is 19.4. The van der Waals surface area contributed by atoms with Crippen LogP contribution in [0.3, 0.4) is 0 Å². The molecular weight excluding hydrogens is 287 g/mol. The Morgan fingerprint density at radius 3 is 2.45 bits per heavy atom. The second-order valence-corrected chi connectivity index (χ2v) is 3.64. The van der Waals surface area contributed by atoms with Gasteiger partial charge in [0.05, 0.1) is 17.7 Å². The molecule has 0 aromatic carbocycles. The monoisotopic (exact) mass is 298 g/mol. The third-order valence-corrected chi connectivity index (χ3v) is 2.38. The lowest BCUT2D eigenvalue weighted by Gasteiger charge is -2.18. The van der Waals surface area contributed by atoms with Crippen molar-refractivity contribution in [2.24, 2.45) is 5.73 Å². The van der Waals surface area contributed by atoms with E-state index in [-0.39, 0.29) is 6.61 Å². The molecule has 0 saturated carbocycles. The first-order valence-corrected chi connectivity index (χ1v) is 5.48. The van der Waals surface area contributed by atoms with Crippen LogP contribution in [-0.2, 0) is 17.5 Å². The van der Waals surface area contributed by atoms with Gasteiger partial charge in [-0.2, -0.15) is 13.2 Å². The van der Waals surface area contributed by atoms with Crippen LogP contribution in [0.15, 0.2) is 6.20 Å². The van der Waals surface area contributed by atoms with E-state index in [1.807, 2.05) is 0 Å². The Morgan fingerprint density at radius 2 is 2.05 bits per heavy atom. The summed E-state index contributed by atoms with van der Waals surface area (Å²) in [5.41, 5.74) is 0.511. The minimum atomic E-state index is -5.02. The Bertz CT molecular complexity index is 502. The van der Waals surface area contributed by atoms with E-state index >= 15 is 0 Å². The number of esters is 1. The number of hydrogen-bond donors (Lipinski definition) is 1. The van der Waals surface area contributed by atoms with Crippen molar-refractivity contribution in [1.29, 1.82) is 0 Å². The van der Waals surface area contributed by atoms with Crippen molar-refractivity contribution in [2.45, 2.75) is 26.1 Å². The van der Waals surface area contributed by atoms with E-state index in [0.29, 0.717) is 6.20 Å². The zero-order valence-electron chi connectivity index (χ0n) is 10.3. The Hall–Kier alpha value is -1.77. The van der Waals surface area contributed by atoms with E-state index in [9.17, 15) is 26.7 Å². The molecule has 0 aliphatic heterocycles. The van der Waals surface area contributed by atoms with Crippen LogP contribution in [0.1, 0.15) is 40.5 Å². The predicted molar refractivity (Wildman–Crippen MR) is 58.0 cm³/mol. The predicted octanol–water partition coefficient (Wildman–Crippen LogP) is 2.67. The fourth-order valence-corrected chi connectivity index (χ4v) is 1.62. The number of alkyl halides is 5. The van der Waals surface area contributed by atoms with Crippen LogP contribution < -0.4 is 5.73 Å². The molecular formula is C11H11F5N2O2. The summed E-state index contributed by atoms with van der Waals surface area (Å²) < 4.78 is 68.9. The van der Waals surface area contributed by atoms with Crippen LogP contribution in [0.4, 0.5) is 22.0 Å². The maximum Gasteiger partial charge on any atom is 0.417 e. The summed E-state index contributed by atoms with van der Waals surface area (Å²) in [7, 11) is 0. The smallest absolute Gasteiger partial charge is 0.417 e. The highest BCUT2D eigenvalue weighted by Crippen LogP contribution is 2.38.